The maximum absolute atomic E-state index is 12.6. The molecule has 3 rings (SSSR count). The van der Waals surface area contributed by atoms with Crippen LogP contribution in [0.25, 0.3) is 0 Å². The molecule has 28 heavy (non-hydrogen) atoms. The second-order valence-electron chi connectivity index (χ2n) is 7.41. The van der Waals surface area contributed by atoms with Gasteiger partial charge in [-0.25, -0.2) is 4.79 Å². The molecule has 0 bridgehead atoms. The van der Waals surface area contributed by atoms with Crippen molar-refractivity contribution in [1.29, 1.82) is 0 Å². The summed E-state index contributed by atoms with van der Waals surface area (Å²) < 4.78 is 0. The first-order valence-electron chi connectivity index (χ1n) is 9.60. The molecule has 148 valence electrons. The van der Waals surface area contributed by atoms with Gasteiger partial charge in [0.25, 0.3) is 0 Å². The van der Waals surface area contributed by atoms with Crippen molar-refractivity contribution in [1.82, 2.24) is 4.90 Å². The summed E-state index contributed by atoms with van der Waals surface area (Å²) in [6.07, 6.45) is 0. The Kier molecular flexibility index (Phi) is 5.87. The number of hydrogen-bond acceptors (Lipinski definition) is 3. The predicted molar refractivity (Wildman–Crippen MR) is 114 cm³/mol. The van der Waals surface area contributed by atoms with Gasteiger partial charge in [-0.1, -0.05) is 23.8 Å². The average Bonchev–Trinajstić information content (AvgIpc) is 2.61. The van der Waals surface area contributed by atoms with Crippen LogP contribution in [-0.2, 0) is 4.79 Å². The van der Waals surface area contributed by atoms with E-state index in [9.17, 15) is 9.59 Å². The van der Waals surface area contributed by atoms with Gasteiger partial charge < -0.3 is 20.4 Å². The van der Waals surface area contributed by atoms with Crippen molar-refractivity contribution < 1.29 is 9.59 Å². The van der Waals surface area contributed by atoms with Crippen molar-refractivity contribution in [2.75, 3.05) is 41.7 Å². The van der Waals surface area contributed by atoms with Crippen molar-refractivity contribution in [2.45, 2.75) is 27.7 Å². The van der Waals surface area contributed by atoms with Crippen LogP contribution >= 0.6 is 0 Å². The highest BCUT2D eigenvalue weighted by Gasteiger charge is 2.23. The summed E-state index contributed by atoms with van der Waals surface area (Å²) in [4.78, 5) is 28.0. The third kappa shape index (κ3) is 4.63. The number of benzene rings is 2. The molecule has 1 aliphatic rings. The van der Waals surface area contributed by atoms with Gasteiger partial charge >= 0.3 is 6.03 Å². The van der Waals surface area contributed by atoms with Crippen LogP contribution in [0.4, 0.5) is 21.9 Å². The van der Waals surface area contributed by atoms with E-state index in [0.717, 1.165) is 13.1 Å². The third-order valence-electron chi connectivity index (χ3n) is 4.95. The Morgan fingerprint density at radius 1 is 0.857 bits per heavy atom. The minimum absolute atomic E-state index is 0.114. The Hall–Kier alpha value is -3.02. The number of piperazine rings is 1. The number of urea groups is 1. The second kappa shape index (κ2) is 8.33. The van der Waals surface area contributed by atoms with E-state index in [2.05, 4.69) is 48.4 Å². The maximum Gasteiger partial charge on any atom is 0.321 e. The number of nitrogens with one attached hydrogen (secondary N) is 2. The molecular weight excluding hydrogens is 352 g/mol. The van der Waals surface area contributed by atoms with Gasteiger partial charge in [-0.3, -0.25) is 4.79 Å². The van der Waals surface area contributed by atoms with E-state index in [-0.39, 0.29) is 11.9 Å². The molecule has 0 unspecified atom stereocenters. The molecule has 3 amide bonds. The lowest BCUT2D eigenvalue weighted by atomic mass is 10.0. The van der Waals surface area contributed by atoms with Crippen LogP contribution in [0.5, 0.6) is 0 Å². The van der Waals surface area contributed by atoms with Gasteiger partial charge in [0.1, 0.15) is 0 Å². The first-order chi connectivity index (χ1) is 13.3. The molecule has 0 aromatic heterocycles. The Morgan fingerprint density at radius 2 is 1.43 bits per heavy atom. The Labute approximate surface area is 166 Å². The van der Waals surface area contributed by atoms with Gasteiger partial charge in [-0.05, 0) is 50.1 Å². The quantitative estimate of drug-likeness (QED) is 0.848. The Balaban J connectivity index is 1.61. The van der Waals surface area contributed by atoms with E-state index in [4.69, 9.17) is 0 Å². The molecule has 6 nitrogen and oxygen atoms in total. The van der Waals surface area contributed by atoms with Crippen molar-refractivity contribution >= 4 is 29.0 Å². The van der Waals surface area contributed by atoms with Crippen molar-refractivity contribution in [3.05, 3.63) is 53.1 Å². The van der Waals surface area contributed by atoms with Crippen LogP contribution < -0.4 is 15.5 Å². The van der Waals surface area contributed by atoms with E-state index in [1.54, 1.807) is 12.1 Å². The van der Waals surface area contributed by atoms with Gasteiger partial charge in [0.15, 0.2) is 0 Å². The second-order valence-corrected chi connectivity index (χ2v) is 7.41. The van der Waals surface area contributed by atoms with Gasteiger partial charge in [0.05, 0.1) is 0 Å². The Morgan fingerprint density at radius 3 is 2.00 bits per heavy atom. The molecule has 1 aliphatic heterocycles. The topological polar surface area (TPSA) is 64.7 Å². The molecule has 0 radical (unpaired) electrons. The lowest BCUT2D eigenvalue weighted by Gasteiger charge is -2.37. The fourth-order valence-electron chi connectivity index (χ4n) is 3.88. The smallest absolute Gasteiger partial charge is 0.321 e. The largest absolute Gasteiger partial charge is 0.368 e. The molecular formula is C22H28N4O2. The molecule has 0 spiro atoms. The zero-order chi connectivity index (χ0) is 20.3. The Bertz CT molecular complexity index is 863. The number of amides is 3. The lowest BCUT2D eigenvalue weighted by Crippen LogP contribution is -2.50. The first kappa shape index (κ1) is 19.7. The van der Waals surface area contributed by atoms with E-state index < -0.39 is 0 Å². The standard InChI is InChI=1S/C22H28N4O2/c1-15-12-16(2)21(17(3)13-15)25-8-10-26(11-9-25)22(28)24-20-7-5-6-19(14-20)23-18(4)27/h5-7,12-14H,8-11H2,1-4H3,(H,23,27)(H,24,28). The van der Waals surface area contributed by atoms with Gasteiger partial charge in [-0.2, -0.15) is 0 Å². The number of carbonyl (C=O) groups excluding carboxylic acids is 2. The van der Waals surface area contributed by atoms with E-state index in [0.29, 0.717) is 24.5 Å². The van der Waals surface area contributed by atoms with Gasteiger partial charge in [0, 0.05) is 50.2 Å². The zero-order valence-electron chi connectivity index (χ0n) is 17.0. The molecule has 1 saturated heterocycles. The molecule has 6 heteroatoms. The molecule has 0 saturated carbocycles. The fraction of sp³-hybridized carbons (Fsp3) is 0.364. The summed E-state index contributed by atoms with van der Waals surface area (Å²) in [6.45, 7) is 10.8. The summed E-state index contributed by atoms with van der Waals surface area (Å²) >= 11 is 0. The van der Waals surface area contributed by atoms with E-state index in [1.807, 2.05) is 17.0 Å². The van der Waals surface area contributed by atoms with Gasteiger partial charge in [0.2, 0.25) is 5.91 Å². The van der Waals surface area contributed by atoms with Crippen LogP contribution in [0.3, 0.4) is 0 Å². The molecule has 1 heterocycles. The molecule has 0 atom stereocenters. The number of rotatable bonds is 3. The zero-order valence-corrected chi connectivity index (χ0v) is 17.0. The molecule has 0 aliphatic carbocycles. The molecule has 2 aromatic carbocycles. The summed E-state index contributed by atoms with van der Waals surface area (Å²) in [5.74, 6) is -0.138. The first-order valence-corrected chi connectivity index (χ1v) is 9.60. The van der Waals surface area contributed by atoms with Crippen LogP contribution in [0, 0.1) is 20.8 Å². The highest BCUT2D eigenvalue weighted by Crippen LogP contribution is 2.27. The summed E-state index contributed by atoms with van der Waals surface area (Å²) in [7, 11) is 0. The molecule has 2 aromatic rings. The highest BCUT2D eigenvalue weighted by atomic mass is 16.2. The SMILES string of the molecule is CC(=O)Nc1cccc(NC(=O)N2CCN(c3c(C)cc(C)cc3C)CC2)c1. The van der Waals surface area contributed by atoms with E-state index >= 15 is 0 Å². The number of aryl methyl sites for hydroxylation is 3. The van der Waals surface area contributed by atoms with Crippen molar-refractivity contribution in [2.24, 2.45) is 0 Å². The monoisotopic (exact) mass is 380 g/mol. The highest BCUT2D eigenvalue weighted by molar-refractivity contribution is 5.92. The molecule has 1 fully saturated rings. The number of anilines is 3. The molecule has 2 N–H and O–H groups in total. The van der Waals surface area contributed by atoms with Crippen LogP contribution in [-0.4, -0.2) is 43.0 Å². The van der Waals surface area contributed by atoms with Crippen LogP contribution in [0.1, 0.15) is 23.6 Å². The fourth-order valence-corrected chi connectivity index (χ4v) is 3.88. The van der Waals surface area contributed by atoms with Crippen LogP contribution in [0.15, 0.2) is 36.4 Å². The summed E-state index contributed by atoms with van der Waals surface area (Å²) in [5, 5.41) is 5.65. The minimum atomic E-state index is -0.138. The maximum atomic E-state index is 12.6. The van der Waals surface area contributed by atoms with Crippen molar-refractivity contribution in [3.8, 4) is 0 Å². The van der Waals surface area contributed by atoms with Gasteiger partial charge in [-0.15, -0.1) is 0 Å². The number of hydrogen-bond donors (Lipinski definition) is 2. The predicted octanol–water partition coefficient (Wildman–Crippen LogP) is 3.92. The lowest BCUT2D eigenvalue weighted by molar-refractivity contribution is -0.114. The normalized spacial score (nSPS) is 14.0. The summed E-state index contributed by atoms with van der Waals surface area (Å²) in [5.41, 5.74) is 6.46. The average molecular weight is 380 g/mol. The van der Waals surface area contributed by atoms with E-state index in [1.165, 1.54) is 29.3 Å². The minimum Gasteiger partial charge on any atom is -0.368 e. The number of carbonyl (C=O) groups is 2. The number of nitrogens with zero attached hydrogens (tertiary/aromatic N) is 2. The third-order valence-corrected chi connectivity index (χ3v) is 4.95. The van der Waals surface area contributed by atoms with Crippen LogP contribution in [0.2, 0.25) is 0 Å². The summed E-state index contributed by atoms with van der Waals surface area (Å²) in [6, 6.07) is 11.5. The van der Waals surface area contributed by atoms with Crippen molar-refractivity contribution in [3.63, 3.8) is 0 Å².